The van der Waals surface area contributed by atoms with Crippen LogP contribution in [0.4, 0.5) is 5.69 Å². The molecule has 9 heteroatoms. The molecule has 0 aliphatic carbocycles. The van der Waals surface area contributed by atoms with Crippen LogP contribution < -0.4 is 10.1 Å². The van der Waals surface area contributed by atoms with Gasteiger partial charge in [0, 0.05) is 16.8 Å². The lowest BCUT2D eigenvalue weighted by Crippen LogP contribution is -2.17. The van der Waals surface area contributed by atoms with Crippen LogP contribution in [0.2, 0.25) is 5.02 Å². The summed E-state index contributed by atoms with van der Waals surface area (Å²) in [6.07, 6.45) is 1.97. The number of anilines is 1. The van der Waals surface area contributed by atoms with E-state index in [1.807, 2.05) is 6.92 Å². The largest absolute Gasteiger partial charge is 0.495 e. The number of aromatic nitrogens is 2. The molecule has 1 aliphatic rings. The number of benzene rings is 1. The molecule has 0 bridgehead atoms. The second kappa shape index (κ2) is 6.92. The van der Waals surface area contributed by atoms with Gasteiger partial charge in [-0.15, -0.1) is 0 Å². The van der Waals surface area contributed by atoms with Crippen molar-refractivity contribution in [2.75, 3.05) is 23.9 Å². The Morgan fingerprint density at radius 2 is 2.12 bits per heavy atom. The van der Waals surface area contributed by atoms with E-state index in [9.17, 15) is 13.2 Å². The fourth-order valence-corrected chi connectivity index (χ4v) is 4.95. The summed E-state index contributed by atoms with van der Waals surface area (Å²) in [5.74, 6) is 0.330. The van der Waals surface area contributed by atoms with Gasteiger partial charge < -0.3 is 10.1 Å². The van der Waals surface area contributed by atoms with Gasteiger partial charge in [-0.25, -0.2) is 8.42 Å². The molecule has 1 aliphatic heterocycles. The Kier molecular flexibility index (Phi) is 4.98. The molecule has 0 spiro atoms. The SMILES string of the molecule is COc1cc(Cl)c(C)cc1NC(=O)c1cnn(C2CCS(=O)(=O)C2)c1C. The topological polar surface area (TPSA) is 90.3 Å². The van der Waals surface area contributed by atoms with Crippen molar-refractivity contribution in [2.45, 2.75) is 26.3 Å². The van der Waals surface area contributed by atoms with Crippen molar-refractivity contribution >= 4 is 33.0 Å². The van der Waals surface area contributed by atoms with E-state index in [1.54, 1.807) is 23.7 Å². The minimum Gasteiger partial charge on any atom is -0.495 e. The predicted molar refractivity (Wildman–Crippen MR) is 100.0 cm³/mol. The molecule has 7 nitrogen and oxygen atoms in total. The van der Waals surface area contributed by atoms with Crippen LogP contribution in [0.1, 0.15) is 34.1 Å². The van der Waals surface area contributed by atoms with Crippen LogP contribution in [-0.2, 0) is 9.84 Å². The van der Waals surface area contributed by atoms with E-state index < -0.39 is 9.84 Å². The van der Waals surface area contributed by atoms with Crippen LogP contribution in [-0.4, -0.2) is 42.7 Å². The van der Waals surface area contributed by atoms with Crippen LogP contribution in [0.25, 0.3) is 0 Å². The molecule has 1 atom stereocenters. The maximum absolute atomic E-state index is 12.7. The second-order valence-electron chi connectivity index (χ2n) is 6.40. The zero-order chi connectivity index (χ0) is 19.1. The van der Waals surface area contributed by atoms with Gasteiger partial charge in [-0.2, -0.15) is 5.10 Å². The summed E-state index contributed by atoms with van der Waals surface area (Å²) in [5, 5.41) is 7.60. The van der Waals surface area contributed by atoms with Crippen molar-refractivity contribution < 1.29 is 17.9 Å². The van der Waals surface area contributed by atoms with Crippen LogP contribution in [0, 0.1) is 13.8 Å². The highest BCUT2D eigenvalue weighted by Gasteiger charge is 2.31. The number of carbonyl (C=O) groups excluding carboxylic acids is 1. The van der Waals surface area contributed by atoms with Crippen molar-refractivity contribution in [1.29, 1.82) is 0 Å². The Morgan fingerprint density at radius 3 is 2.73 bits per heavy atom. The highest BCUT2D eigenvalue weighted by Crippen LogP contribution is 2.32. The molecule has 1 amide bonds. The molecule has 0 saturated carbocycles. The highest BCUT2D eigenvalue weighted by molar-refractivity contribution is 7.91. The van der Waals surface area contributed by atoms with E-state index in [0.29, 0.717) is 34.1 Å². The molecular formula is C17H20ClN3O4S. The number of rotatable bonds is 4. The number of nitrogens with zero attached hydrogens (tertiary/aromatic N) is 2. The lowest BCUT2D eigenvalue weighted by atomic mass is 10.1. The molecule has 1 unspecified atom stereocenters. The van der Waals surface area contributed by atoms with E-state index in [1.165, 1.54) is 13.3 Å². The van der Waals surface area contributed by atoms with Crippen molar-refractivity contribution in [3.8, 4) is 5.75 Å². The zero-order valence-corrected chi connectivity index (χ0v) is 16.3. The molecule has 2 heterocycles. The molecule has 0 radical (unpaired) electrons. The van der Waals surface area contributed by atoms with E-state index in [4.69, 9.17) is 16.3 Å². The molecule has 1 saturated heterocycles. The van der Waals surface area contributed by atoms with Crippen LogP contribution in [0.15, 0.2) is 18.3 Å². The lowest BCUT2D eigenvalue weighted by Gasteiger charge is -2.13. The van der Waals surface area contributed by atoms with E-state index in [2.05, 4.69) is 10.4 Å². The minimum absolute atomic E-state index is 0.0563. The summed E-state index contributed by atoms with van der Waals surface area (Å²) in [5.41, 5.74) is 2.35. The summed E-state index contributed by atoms with van der Waals surface area (Å²) in [6.45, 7) is 3.60. The van der Waals surface area contributed by atoms with Gasteiger partial charge in [0.05, 0.1) is 42.1 Å². The third-order valence-electron chi connectivity index (χ3n) is 4.57. The summed E-state index contributed by atoms with van der Waals surface area (Å²) >= 11 is 6.09. The molecule has 1 fully saturated rings. The number of nitrogens with one attached hydrogen (secondary N) is 1. The number of hydrogen-bond donors (Lipinski definition) is 1. The molecule has 1 aromatic heterocycles. The van der Waals surface area contributed by atoms with Gasteiger partial charge in [0.1, 0.15) is 5.75 Å². The van der Waals surface area contributed by atoms with Gasteiger partial charge in [0.25, 0.3) is 5.91 Å². The number of methoxy groups -OCH3 is 1. The molecule has 26 heavy (non-hydrogen) atoms. The average Bonchev–Trinajstić information content (AvgIpc) is 3.12. The number of aryl methyl sites for hydroxylation is 1. The Labute approximate surface area is 157 Å². The predicted octanol–water partition coefficient (Wildman–Crippen LogP) is 2.77. The Hall–Kier alpha value is -2.06. The number of carbonyl (C=O) groups is 1. The number of amides is 1. The van der Waals surface area contributed by atoms with Crippen LogP contribution >= 0.6 is 11.6 Å². The first-order valence-electron chi connectivity index (χ1n) is 8.12. The third kappa shape index (κ3) is 3.57. The fourth-order valence-electron chi connectivity index (χ4n) is 3.10. The van der Waals surface area contributed by atoms with Crippen LogP contribution in [0.5, 0.6) is 5.75 Å². The maximum Gasteiger partial charge on any atom is 0.259 e. The van der Waals surface area contributed by atoms with Gasteiger partial charge >= 0.3 is 0 Å². The summed E-state index contributed by atoms with van der Waals surface area (Å²) in [4.78, 5) is 12.7. The smallest absolute Gasteiger partial charge is 0.259 e. The maximum atomic E-state index is 12.7. The zero-order valence-electron chi connectivity index (χ0n) is 14.7. The van der Waals surface area contributed by atoms with Crippen LogP contribution in [0.3, 0.4) is 0 Å². The Morgan fingerprint density at radius 1 is 1.38 bits per heavy atom. The first-order valence-corrected chi connectivity index (χ1v) is 10.3. The van der Waals surface area contributed by atoms with Crippen molar-refractivity contribution in [2.24, 2.45) is 0 Å². The molecule has 140 valence electrons. The van der Waals surface area contributed by atoms with Crippen molar-refractivity contribution in [3.05, 3.63) is 40.2 Å². The molecule has 1 aromatic carbocycles. The molecular weight excluding hydrogens is 378 g/mol. The average molecular weight is 398 g/mol. The number of sulfone groups is 1. The summed E-state index contributed by atoms with van der Waals surface area (Å²) < 4.78 is 30.3. The highest BCUT2D eigenvalue weighted by atomic mass is 35.5. The van der Waals surface area contributed by atoms with Gasteiger partial charge in [-0.3, -0.25) is 9.48 Å². The van der Waals surface area contributed by atoms with Gasteiger partial charge in [-0.1, -0.05) is 11.6 Å². The molecule has 3 rings (SSSR count). The van der Waals surface area contributed by atoms with E-state index in [0.717, 1.165) is 5.56 Å². The number of hydrogen-bond acceptors (Lipinski definition) is 5. The first kappa shape index (κ1) is 18.7. The Balaban J connectivity index is 1.85. The quantitative estimate of drug-likeness (QED) is 0.856. The number of ether oxygens (including phenoxy) is 1. The normalized spacial score (nSPS) is 18.7. The first-order chi connectivity index (χ1) is 12.2. The monoisotopic (exact) mass is 397 g/mol. The minimum atomic E-state index is -3.03. The van der Waals surface area contributed by atoms with E-state index in [-0.39, 0.29) is 23.5 Å². The van der Waals surface area contributed by atoms with Gasteiger partial charge in [0.2, 0.25) is 0 Å². The molecule has 1 N–H and O–H groups in total. The lowest BCUT2D eigenvalue weighted by molar-refractivity contribution is 0.102. The summed E-state index contributed by atoms with van der Waals surface area (Å²) in [6, 6.07) is 3.16. The molecule has 2 aromatic rings. The van der Waals surface area contributed by atoms with Gasteiger partial charge in [0.15, 0.2) is 9.84 Å². The Bertz CT molecular complexity index is 969. The van der Waals surface area contributed by atoms with Crippen molar-refractivity contribution in [3.63, 3.8) is 0 Å². The standard InChI is InChI=1S/C17H20ClN3O4S/c1-10-6-15(16(25-3)7-14(10)18)20-17(22)13-8-19-21(11(13)2)12-4-5-26(23,24)9-12/h6-8,12H,4-5,9H2,1-3H3,(H,20,22). The summed E-state index contributed by atoms with van der Waals surface area (Å²) in [7, 11) is -1.53. The second-order valence-corrected chi connectivity index (χ2v) is 9.04. The number of halogens is 1. The van der Waals surface area contributed by atoms with E-state index >= 15 is 0 Å². The third-order valence-corrected chi connectivity index (χ3v) is 6.73. The van der Waals surface area contributed by atoms with Gasteiger partial charge in [-0.05, 0) is 31.9 Å². The van der Waals surface area contributed by atoms with Crippen molar-refractivity contribution in [1.82, 2.24) is 9.78 Å². The fraction of sp³-hybridized carbons (Fsp3) is 0.412.